The highest BCUT2D eigenvalue weighted by Crippen LogP contribution is 2.11. The zero-order valence-electron chi connectivity index (χ0n) is 12.9. The van der Waals surface area contributed by atoms with Gasteiger partial charge in [-0.25, -0.2) is 0 Å². The standard InChI is InChI=1S/C20H16N2O2/c23-21(19-11-3-1-4-12-19)15-17-9-7-8-10-18(17)16-22(24)20-13-5-2-6-14-20/h1-16H. The second-order valence-corrected chi connectivity index (χ2v) is 5.21. The fourth-order valence-corrected chi connectivity index (χ4v) is 2.30. The van der Waals surface area contributed by atoms with Crippen molar-refractivity contribution < 1.29 is 4.76 Å². The Morgan fingerprint density at radius 2 is 1.29 bits per heavy atom. The van der Waals surface area contributed by atoms with Crippen LogP contribution in [-0.2, 0) is 0 Å². The lowest BCUT2D eigenvalue weighted by Crippen LogP contribution is -2.28. The van der Waals surface area contributed by atoms with Gasteiger partial charge in [-0.3, -0.25) is 0 Å². The molecular formula is C20H16N2O2. The number of nitrogens with zero attached hydrogens (tertiary/aromatic N) is 2. The van der Waals surface area contributed by atoms with Crippen molar-refractivity contribution in [3.63, 3.8) is 0 Å². The number of rotatable bonds is 4. The van der Waals surface area contributed by atoms with E-state index in [0.29, 0.717) is 21.8 Å². The Balaban J connectivity index is 2.01. The van der Waals surface area contributed by atoms with E-state index < -0.39 is 0 Å². The molecule has 0 saturated carbocycles. The summed E-state index contributed by atoms with van der Waals surface area (Å²) in [6.07, 6.45) is 2.94. The Hall–Kier alpha value is -3.24. The topological polar surface area (TPSA) is 46.4 Å². The molecule has 0 aliphatic carbocycles. The molecule has 0 bridgehead atoms. The highest BCUT2D eigenvalue weighted by atomic mass is 16.5. The van der Waals surface area contributed by atoms with Gasteiger partial charge in [-0.2, -0.15) is 0 Å². The van der Waals surface area contributed by atoms with E-state index in [1.54, 1.807) is 60.7 Å². The summed E-state index contributed by atoms with van der Waals surface area (Å²) >= 11 is 0. The van der Waals surface area contributed by atoms with E-state index >= 15 is 0 Å². The molecule has 4 nitrogen and oxygen atoms in total. The molecule has 24 heavy (non-hydrogen) atoms. The van der Waals surface area contributed by atoms with Gasteiger partial charge in [0.1, 0.15) is 0 Å². The zero-order valence-corrected chi connectivity index (χ0v) is 12.9. The lowest BCUT2D eigenvalue weighted by Gasteiger charge is -2.26. The molecule has 0 N–H and O–H groups in total. The molecule has 3 aromatic rings. The van der Waals surface area contributed by atoms with E-state index in [9.17, 15) is 10.1 Å². The molecule has 0 aromatic heterocycles. The predicted molar refractivity (Wildman–Crippen MR) is 96.6 cm³/mol. The SMILES string of the molecule is O=[N+](C=c1ccccc1=CN([O-])c1ccccc1)c1ccccc1. The molecule has 118 valence electrons. The lowest BCUT2D eigenvalue weighted by molar-refractivity contribution is -0.345. The summed E-state index contributed by atoms with van der Waals surface area (Å²) in [5.74, 6) is 0. The maximum Gasteiger partial charge on any atom is 0.262 e. The van der Waals surface area contributed by atoms with E-state index in [2.05, 4.69) is 0 Å². The molecule has 0 saturated heterocycles. The molecule has 0 amide bonds. The smallest absolute Gasteiger partial charge is 0.262 e. The lowest BCUT2D eigenvalue weighted by atomic mass is 10.2. The second-order valence-electron chi connectivity index (χ2n) is 5.21. The van der Waals surface area contributed by atoms with Crippen LogP contribution in [0.3, 0.4) is 0 Å². The molecule has 3 rings (SSSR count). The van der Waals surface area contributed by atoms with Gasteiger partial charge < -0.3 is 10.3 Å². The first-order chi connectivity index (χ1) is 11.7. The van der Waals surface area contributed by atoms with Crippen molar-refractivity contribution >= 4 is 23.8 Å². The van der Waals surface area contributed by atoms with Gasteiger partial charge in [0.2, 0.25) is 6.20 Å². The third-order valence-corrected chi connectivity index (χ3v) is 3.53. The number of hydrogen-bond acceptors (Lipinski definition) is 3. The molecular weight excluding hydrogens is 300 g/mol. The van der Waals surface area contributed by atoms with Crippen LogP contribution < -0.4 is 15.5 Å². The van der Waals surface area contributed by atoms with Crippen molar-refractivity contribution in [2.24, 2.45) is 0 Å². The average molecular weight is 316 g/mol. The summed E-state index contributed by atoms with van der Waals surface area (Å²) < 4.78 is 0.796. The molecule has 3 aromatic carbocycles. The van der Waals surface area contributed by atoms with Crippen LogP contribution in [0.25, 0.3) is 12.4 Å². The van der Waals surface area contributed by atoms with Gasteiger partial charge in [-0.1, -0.05) is 54.6 Å². The van der Waals surface area contributed by atoms with Crippen LogP contribution in [0, 0.1) is 10.1 Å². The Kier molecular flexibility index (Phi) is 4.79. The van der Waals surface area contributed by atoms with Crippen molar-refractivity contribution in [1.29, 1.82) is 0 Å². The number of nitroso groups, excluding NO2 is 1. The highest BCUT2D eigenvalue weighted by Gasteiger charge is 2.08. The van der Waals surface area contributed by atoms with Gasteiger partial charge in [0.15, 0.2) is 0 Å². The minimum atomic E-state index is 0.536. The summed E-state index contributed by atoms with van der Waals surface area (Å²) in [5, 5.41) is 14.4. The maximum atomic E-state index is 12.3. The largest absolute Gasteiger partial charge is 0.754 e. The quantitative estimate of drug-likeness (QED) is 0.548. The molecule has 0 fully saturated rings. The monoisotopic (exact) mass is 316 g/mol. The fraction of sp³-hybridized carbons (Fsp3) is 0. The third-order valence-electron chi connectivity index (χ3n) is 3.53. The van der Waals surface area contributed by atoms with Crippen molar-refractivity contribution in [3.05, 3.63) is 105 Å². The summed E-state index contributed by atoms with van der Waals surface area (Å²) in [4.78, 5) is 12.3. The van der Waals surface area contributed by atoms with Crippen molar-refractivity contribution in [2.45, 2.75) is 0 Å². The van der Waals surface area contributed by atoms with Crippen LogP contribution >= 0.6 is 0 Å². The second kappa shape index (κ2) is 7.35. The van der Waals surface area contributed by atoms with Crippen LogP contribution in [-0.4, -0.2) is 4.76 Å². The Morgan fingerprint density at radius 3 is 1.96 bits per heavy atom. The summed E-state index contributed by atoms with van der Waals surface area (Å²) in [7, 11) is 0. The third kappa shape index (κ3) is 3.74. The van der Waals surface area contributed by atoms with Crippen molar-refractivity contribution in [1.82, 2.24) is 0 Å². The average Bonchev–Trinajstić information content (AvgIpc) is 2.64. The summed E-state index contributed by atoms with van der Waals surface area (Å²) in [5.41, 5.74) is 1.07. The van der Waals surface area contributed by atoms with E-state index in [1.807, 2.05) is 24.3 Å². The predicted octanol–water partition coefficient (Wildman–Crippen LogP) is 3.28. The summed E-state index contributed by atoms with van der Waals surface area (Å²) in [6.45, 7) is 0. The maximum absolute atomic E-state index is 12.3. The number of hydroxylamine groups is 1. The van der Waals surface area contributed by atoms with Crippen LogP contribution in [0.15, 0.2) is 84.9 Å². The normalized spacial score (nSPS) is 12.2. The zero-order chi connectivity index (χ0) is 16.8. The van der Waals surface area contributed by atoms with Gasteiger partial charge in [-0.15, -0.1) is 0 Å². The van der Waals surface area contributed by atoms with Crippen molar-refractivity contribution in [2.75, 3.05) is 5.06 Å². The molecule has 4 heteroatoms. The Morgan fingerprint density at radius 1 is 0.750 bits per heavy atom. The Labute approximate surface area is 139 Å². The molecule has 0 spiro atoms. The van der Waals surface area contributed by atoms with E-state index in [-0.39, 0.29) is 0 Å². The number of benzene rings is 3. The fourth-order valence-electron chi connectivity index (χ4n) is 2.30. The molecule has 0 heterocycles. The van der Waals surface area contributed by atoms with Gasteiger partial charge in [-0.05, 0) is 18.2 Å². The number of para-hydroxylation sites is 2. The van der Waals surface area contributed by atoms with E-state index in [0.717, 1.165) is 9.82 Å². The van der Waals surface area contributed by atoms with Gasteiger partial charge in [0.05, 0.1) is 9.98 Å². The van der Waals surface area contributed by atoms with E-state index in [4.69, 9.17) is 0 Å². The van der Waals surface area contributed by atoms with Gasteiger partial charge in [0.25, 0.3) is 5.69 Å². The van der Waals surface area contributed by atoms with Crippen LogP contribution in [0.4, 0.5) is 11.4 Å². The number of hydrogen-bond donors (Lipinski definition) is 0. The van der Waals surface area contributed by atoms with Crippen LogP contribution in [0.1, 0.15) is 0 Å². The minimum absolute atomic E-state index is 0.536. The van der Waals surface area contributed by atoms with Crippen molar-refractivity contribution in [3.8, 4) is 0 Å². The molecule has 0 aliphatic rings. The molecule has 0 atom stereocenters. The molecule has 0 unspecified atom stereocenters. The summed E-state index contributed by atoms with van der Waals surface area (Å²) in [6, 6.07) is 25.2. The minimum Gasteiger partial charge on any atom is -0.754 e. The molecule has 0 aliphatic heterocycles. The van der Waals surface area contributed by atoms with Crippen LogP contribution in [0.5, 0.6) is 0 Å². The van der Waals surface area contributed by atoms with Crippen LogP contribution in [0.2, 0.25) is 0 Å². The molecule has 0 radical (unpaired) electrons. The highest BCUT2D eigenvalue weighted by molar-refractivity contribution is 5.59. The Bertz CT molecular complexity index is 938. The van der Waals surface area contributed by atoms with E-state index in [1.165, 1.54) is 12.4 Å². The van der Waals surface area contributed by atoms with Gasteiger partial charge >= 0.3 is 0 Å². The first kappa shape index (κ1) is 15.6. The number of anilines is 1. The van der Waals surface area contributed by atoms with Gasteiger partial charge in [0, 0.05) is 34.1 Å². The first-order valence-corrected chi connectivity index (χ1v) is 7.55. The first-order valence-electron chi connectivity index (χ1n) is 7.55.